The highest BCUT2D eigenvalue weighted by Gasteiger charge is 2.30. The van der Waals surface area contributed by atoms with Crippen molar-refractivity contribution in [3.63, 3.8) is 0 Å². The lowest BCUT2D eigenvalue weighted by Crippen LogP contribution is -2.36. The average molecular weight is 483 g/mol. The van der Waals surface area contributed by atoms with Crippen LogP contribution < -0.4 is 5.32 Å². The van der Waals surface area contributed by atoms with Crippen LogP contribution in [-0.4, -0.2) is 48.5 Å². The molecule has 0 atom stereocenters. The van der Waals surface area contributed by atoms with Crippen molar-refractivity contribution in [2.75, 3.05) is 18.4 Å². The number of fused-ring (bicyclic) bond motifs is 3. The number of carbonyl (C=O) groups is 1. The van der Waals surface area contributed by atoms with E-state index in [9.17, 15) is 18.0 Å². The molecular formula is C24H24F3N7O. The highest BCUT2D eigenvalue weighted by Crippen LogP contribution is 2.34. The van der Waals surface area contributed by atoms with Gasteiger partial charge in [0.1, 0.15) is 18.0 Å². The molecular weight excluding hydrogens is 459 g/mol. The van der Waals surface area contributed by atoms with Crippen LogP contribution in [0.5, 0.6) is 0 Å². The number of nitrogens with zero attached hydrogens (tertiary/aromatic N) is 6. The first-order valence-corrected chi connectivity index (χ1v) is 11.4. The van der Waals surface area contributed by atoms with Gasteiger partial charge in [0.2, 0.25) is 5.91 Å². The first kappa shape index (κ1) is 23.0. The van der Waals surface area contributed by atoms with Crippen molar-refractivity contribution >= 4 is 28.4 Å². The molecule has 0 radical (unpaired) electrons. The van der Waals surface area contributed by atoms with E-state index >= 15 is 0 Å². The maximum atomic E-state index is 13.1. The van der Waals surface area contributed by atoms with Crippen molar-refractivity contribution in [2.45, 2.75) is 45.3 Å². The SMILES string of the molecule is CC(=O)N1CCC(c2cc3c(NCc4cccc(C(F)(F)F)c4)nc(C)nc3n3cnnc23)CC1. The van der Waals surface area contributed by atoms with Gasteiger partial charge in [-0.15, -0.1) is 10.2 Å². The summed E-state index contributed by atoms with van der Waals surface area (Å²) in [6, 6.07) is 7.23. The van der Waals surface area contributed by atoms with Gasteiger partial charge in [0.15, 0.2) is 11.3 Å². The van der Waals surface area contributed by atoms with Crippen molar-refractivity contribution in [1.82, 2.24) is 29.5 Å². The summed E-state index contributed by atoms with van der Waals surface area (Å²) in [4.78, 5) is 22.7. The molecule has 8 nitrogen and oxygen atoms in total. The number of hydrogen-bond donors (Lipinski definition) is 1. The number of aryl methyl sites for hydroxylation is 1. The maximum absolute atomic E-state index is 13.1. The van der Waals surface area contributed by atoms with Crippen LogP contribution in [0.15, 0.2) is 36.7 Å². The lowest BCUT2D eigenvalue weighted by Gasteiger charge is -2.31. The van der Waals surface area contributed by atoms with E-state index in [0.717, 1.165) is 35.9 Å². The van der Waals surface area contributed by atoms with E-state index in [1.807, 2.05) is 15.4 Å². The minimum atomic E-state index is -4.40. The number of rotatable bonds is 4. The molecule has 1 amide bonds. The number of benzene rings is 1. The maximum Gasteiger partial charge on any atom is 0.416 e. The van der Waals surface area contributed by atoms with E-state index in [2.05, 4.69) is 25.5 Å². The molecule has 0 spiro atoms. The number of likely N-dealkylation sites (tertiary alicyclic amines) is 1. The molecule has 4 aromatic rings. The van der Waals surface area contributed by atoms with Crippen LogP contribution >= 0.6 is 0 Å². The fraction of sp³-hybridized carbons (Fsp3) is 0.375. The van der Waals surface area contributed by atoms with Crippen molar-refractivity contribution in [2.24, 2.45) is 0 Å². The van der Waals surface area contributed by atoms with Gasteiger partial charge in [0.25, 0.3) is 0 Å². The first-order valence-electron chi connectivity index (χ1n) is 11.4. The summed E-state index contributed by atoms with van der Waals surface area (Å²) in [5.41, 5.74) is 2.12. The quantitative estimate of drug-likeness (QED) is 0.465. The summed E-state index contributed by atoms with van der Waals surface area (Å²) in [5, 5.41) is 12.4. The minimum absolute atomic E-state index is 0.0690. The second-order valence-electron chi connectivity index (χ2n) is 8.81. The number of piperidine rings is 1. The largest absolute Gasteiger partial charge is 0.416 e. The van der Waals surface area contributed by atoms with Gasteiger partial charge in [-0.3, -0.25) is 9.20 Å². The summed E-state index contributed by atoms with van der Waals surface area (Å²) in [5.74, 6) is 1.29. The molecule has 1 aliphatic rings. The summed E-state index contributed by atoms with van der Waals surface area (Å²) >= 11 is 0. The van der Waals surface area contributed by atoms with Gasteiger partial charge in [0, 0.05) is 32.1 Å². The van der Waals surface area contributed by atoms with Crippen molar-refractivity contribution in [3.8, 4) is 0 Å². The Morgan fingerprint density at radius 2 is 1.91 bits per heavy atom. The Balaban J connectivity index is 1.52. The van der Waals surface area contributed by atoms with Gasteiger partial charge in [0.05, 0.1) is 10.9 Å². The smallest absolute Gasteiger partial charge is 0.365 e. The molecule has 1 N–H and O–H groups in total. The van der Waals surface area contributed by atoms with Crippen LogP contribution in [0.25, 0.3) is 16.7 Å². The number of nitrogens with one attached hydrogen (secondary N) is 1. The Morgan fingerprint density at radius 3 is 2.63 bits per heavy atom. The van der Waals surface area contributed by atoms with E-state index in [1.54, 1.807) is 26.2 Å². The second-order valence-corrected chi connectivity index (χ2v) is 8.81. The molecule has 0 aliphatic carbocycles. The molecule has 0 saturated carbocycles. The molecule has 3 aromatic heterocycles. The topological polar surface area (TPSA) is 88.3 Å². The fourth-order valence-corrected chi connectivity index (χ4v) is 4.67. The molecule has 11 heteroatoms. The third kappa shape index (κ3) is 4.50. The fourth-order valence-electron chi connectivity index (χ4n) is 4.67. The lowest BCUT2D eigenvalue weighted by atomic mass is 9.89. The summed E-state index contributed by atoms with van der Waals surface area (Å²) in [6.45, 7) is 4.85. The second kappa shape index (κ2) is 8.79. The molecule has 4 heterocycles. The van der Waals surface area contributed by atoms with Gasteiger partial charge in [-0.1, -0.05) is 12.1 Å². The Morgan fingerprint density at radius 1 is 1.14 bits per heavy atom. The van der Waals surface area contributed by atoms with Gasteiger partial charge in [-0.2, -0.15) is 13.2 Å². The van der Waals surface area contributed by atoms with Crippen LogP contribution in [-0.2, 0) is 17.5 Å². The molecule has 182 valence electrons. The van der Waals surface area contributed by atoms with Crippen LogP contribution in [0.2, 0.25) is 0 Å². The van der Waals surface area contributed by atoms with Gasteiger partial charge < -0.3 is 10.2 Å². The third-order valence-corrected chi connectivity index (χ3v) is 6.47. The Hall–Kier alpha value is -3.76. The summed E-state index contributed by atoms with van der Waals surface area (Å²) in [7, 11) is 0. The van der Waals surface area contributed by atoms with Crippen LogP contribution in [0, 0.1) is 6.92 Å². The van der Waals surface area contributed by atoms with Gasteiger partial charge in [-0.05, 0) is 49.4 Å². The number of anilines is 1. The number of aromatic nitrogens is 5. The zero-order chi connectivity index (χ0) is 24.7. The standard InChI is InChI=1S/C24H24F3N7O/c1-14-30-21(28-12-16-4-3-5-18(10-16)24(25,26)27)20-11-19(17-6-8-33(9-7-17)15(2)35)23-32-29-13-34(23)22(20)31-14/h3-5,10-11,13,17H,6-9,12H2,1-2H3,(H,28,30,31). The number of alkyl halides is 3. The van der Waals surface area contributed by atoms with Crippen LogP contribution in [0.1, 0.15) is 48.2 Å². The molecule has 1 saturated heterocycles. The first-order chi connectivity index (χ1) is 16.7. The lowest BCUT2D eigenvalue weighted by molar-refractivity contribution is -0.137. The highest BCUT2D eigenvalue weighted by molar-refractivity contribution is 5.90. The third-order valence-electron chi connectivity index (χ3n) is 6.47. The average Bonchev–Trinajstić information content (AvgIpc) is 3.32. The molecule has 1 fully saturated rings. The van der Waals surface area contributed by atoms with E-state index in [1.165, 1.54) is 6.07 Å². The zero-order valence-corrected chi connectivity index (χ0v) is 19.3. The number of halogens is 3. The predicted molar refractivity (Wildman–Crippen MR) is 124 cm³/mol. The number of amides is 1. The molecule has 5 rings (SSSR count). The summed E-state index contributed by atoms with van der Waals surface area (Å²) in [6.07, 6.45) is -1.20. The number of carbonyl (C=O) groups excluding carboxylic acids is 1. The van der Waals surface area contributed by atoms with Crippen molar-refractivity contribution in [3.05, 3.63) is 59.2 Å². The van der Waals surface area contributed by atoms with Crippen molar-refractivity contribution < 1.29 is 18.0 Å². The number of pyridine rings is 1. The molecule has 1 aliphatic heterocycles. The van der Waals surface area contributed by atoms with Crippen LogP contribution in [0.3, 0.4) is 0 Å². The highest BCUT2D eigenvalue weighted by atomic mass is 19.4. The normalized spacial score (nSPS) is 15.2. The molecule has 0 bridgehead atoms. The molecule has 1 aromatic carbocycles. The number of hydrogen-bond acceptors (Lipinski definition) is 6. The van der Waals surface area contributed by atoms with E-state index in [4.69, 9.17) is 0 Å². The van der Waals surface area contributed by atoms with Crippen LogP contribution in [0.4, 0.5) is 19.0 Å². The Bertz CT molecular complexity index is 1410. The van der Waals surface area contributed by atoms with Gasteiger partial charge in [-0.25, -0.2) is 9.97 Å². The predicted octanol–water partition coefficient (Wildman–Crippen LogP) is 4.34. The molecule has 0 unspecified atom stereocenters. The van der Waals surface area contributed by atoms with E-state index in [-0.39, 0.29) is 18.4 Å². The zero-order valence-electron chi connectivity index (χ0n) is 19.3. The monoisotopic (exact) mass is 483 g/mol. The van der Waals surface area contributed by atoms with E-state index in [0.29, 0.717) is 41.6 Å². The molecule has 35 heavy (non-hydrogen) atoms. The Kier molecular flexibility index (Phi) is 5.78. The summed E-state index contributed by atoms with van der Waals surface area (Å²) < 4.78 is 41.2. The van der Waals surface area contributed by atoms with Gasteiger partial charge >= 0.3 is 6.18 Å². The van der Waals surface area contributed by atoms with Crippen molar-refractivity contribution in [1.29, 1.82) is 0 Å². The van der Waals surface area contributed by atoms with E-state index < -0.39 is 11.7 Å². The minimum Gasteiger partial charge on any atom is -0.365 e. The Labute approximate surface area is 199 Å².